The maximum absolute atomic E-state index is 12.5. The lowest BCUT2D eigenvalue weighted by Gasteiger charge is -2.41. The fourth-order valence-corrected chi connectivity index (χ4v) is 3.26. The third-order valence-electron chi connectivity index (χ3n) is 4.73. The van der Waals surface area contributed by atoms with Gasteiger partial charge in [-0.15, -0.1) is 0 Å². The van der Waals surface area contributed by atoms with E-state index in [-0.39, 0.29) is 5.91 Å². The number of hydrogen-bond donors (Lipinski definition) is 1. The normalized spacial score (nSPS) is 18.1. The Bertz CT molecular complexity index is 490. The monoisotopic (exact) mass is 339 g/mol. The van der Waals surface area contributed by atoms with Crippen LogP contribution in [0.25, 0.3) is 0 Å². The van der Waals surface area contributed by atoms with Gasteiger partial charge in [-0.3, -0.25) is 4.79 Å². The van der Waals surface area contributed by atoms with Gasteiger partial charge in [0.25, 0.3) is 5.91 Å². The summed E-state index contributed by atoms with van der Waals surface area (Å²) in [6.45, 7) is 6.12. The van der Waals surface area contributed by atoms with Crippen LogP contribution in [0.3, 0.4) is 0 Å². The molecule has 1 aliphatic rings. The predicted octanol–water partition coefficient (Wildman–Crippen LogP) is 3.47. The molecule has 5 heteroatoms. The highest BCUT2D eigenvalue weighted by molar-refractivity contribution is 9.10. The van der Waals surface area contributed by atoms with E-state index in [0.717, 1.165) is 30.4 Å². The van der Waals surface area contributed by atoms with E-state index < -0.39 is 0 Å². The lowest BCUT2D eigenvalue weighted by molar-refractivity contribution is 0.0558. The van der Waals surface area contributed by atoms with Crippen molar-refractivity contribution in [1.82, 2.24) is 9.88 Å². The fourth-order valence-electron chi connectivity index (χ4n) is 2.93. The Balaban J connectivity index is 2.10. The first kappa shape index (κ1) is 15.3. The zero-order valence-electron chi connectivity index (χ0n) is 12.2. The number of anilines is 1. The van der Waals surface area contributed by atoms with Gasteiger partial charge in [-0.25, -0.2) is 4.98 Å². The number of carbonyl (C=O) groups excluding carboxylic acids is 1. The quantitative estimate of drug-likeness (QED) is 0.917. The average Bonchev–Trinajstić information content (AvgIpc) is 2.49. The SMILES string of the molecule is CCC1(CC)CCN(C(=O)c2cc(Br)cnc2N)CC1. The summed E-state index contributed by atoms with van der Waals surface area (Å²) in [5, 5.41) is 0. The molecule has 0 spiro atoms. The minimum Gasteiger partial charge on any atom is -0.383 e. The van der Waals surface area contributed by atoms with E-state index in [9.17, 15) is 4.79 Å². The van der Waals surface area contributed by atoms with Crippen molar-refractivity contribution in [2.45, 2.75) is 39.5 Å². The topological polar surface area (TPSA) is 59.2 Å². The van der Waals surface area contributed by atoms with Gasteiger partial charge in [-0.2, -0.15) is 0 Å². The zero-order chi connectivity index (χ0) is 14.8. The summed E-state index contributed by atoms with van der Waals surface area (Å²) in [6.07, 6.45) is 6.14. The Morgan fingerprint density at radius 2 is 2.00 bits per heavy atom. The molecular weight excluding hydrogens is 318 g/mol. The Morgan fingerprint density at radius 1 is 1.40 bits per heavy atom. The highest BCUT2D eigenvalue weighted by Gasteiger charge is 2.33. The van der Waals surface area contributed by atoms with Crippen molar-refractivity contribution in [3.05, 3.63) is 22.3 Å². The van der Waals surface area contributed by atoms with Crippen LogP contribution in [0.2, 0.25) is 0 Å². The predicted molar refractivity (Wildman–Crippen MR) is 84.5 cm³/mol. The van der Waals surface area contributed by atoms with E-state index >= 15 is 0 Å². The summed E-state index contributed by atoms with van der Waals surface area (Å²) in [6, 6.07) is 1.76. The second-order valence-corrected chi connectivity index (χ2v) is 6.50. The molecule has 1 aromatic rings. The third-order valence-corrected chi connectivity index (χ3v) is 5.16. The summed E-state index contributed by atoms with van der Waals surface area (Å²) in [5.41, 5.74) is 6.74. The summed E-state index contributed by atoms with van der Waals surface area (Å²) in [7, 11) is 0. The van der Waals surface area contributed by atoms with Crippen LogP contribution in [0.15, 0.2) is 16.7 Å². The van der Waals surface area contributed by atoms with Gasteiger partial charge in [0.2, 0.25) is 0 Å². The molecule has 0 atom stereocenters. The Labute approximate surface area is 128 Å². The number of carbonyl (C=O) groups is 1. The van der Waals surface area contributed by atoms with Crippen LogP contribution in [0.5, 0.6) is 0 Å². The fraction of sp³-hybridized carbons (Fsp3) is 0.600. The molecule has 20 heavy (non-hydrogen) atoms. The Hall–Kier alpha value is -1.10. The Morgan fingerprint density at radius 3 is 2.55 bits per heavy atom. The van der Waals surface area contributed by atoms with E-state index in [1.54, 1.807) is 12.3 Å². The van der Waals surface area contributed by atoms with Gasteiger partial charge in [0, 0.05) is 23.8 Å². The number of aromatic nitrogens is 1. The molecule has 1 aromatic heterocycles. The van der Waals surface area contributed by atoms with Crippen LogP contribution in [-0.2, 0) is 0 Å². The molecule has 4 nitrogen and oxygen atoms in total. The van der Waals surface area contributed by atoms with Crippen LogP contribution in [0, 0.1) is 5.41 Å². The molecule has 2 rings (SSSR count). The van der Waals surface area contributed by atoms with E-state index in [0.29, 0.717) is 16.8 Å². The number of piperidine rings is 1. The number of halogens is 1. The van der Waals surface area contributed by atoms with Crippen LogP contribution in [0.1, 0.15) is 49.9 Å². The van der Waals surface area contributed by atoms with Crippen LogP contribution < -0.4 is 5.73 Å². The number of likely N-dealkylation sites (tertiary alicyclic amines) is 1. The first-order valence-corrected chi connectivity index (χ1v) is 8.01. The largest absolute Gasteiger partial charge is 0.383 e. The number of nitrogen functional groups attached to an aromatic ring is 1. The van der Waals surface area contributed by atoms with Crippen molar-refractivity contribution < 1.29 is 4.79 Å². The van der Waals surface area contributed by atoms with Gasteiger partial charge in [-0.05, 0) is 40.3 Å². The van der Waals surface area contributed by atoms with E-state index in [4.69, 9.17) is 5.73 Å². The van der Waals surface area contributed by atoms with Gasteiger partial charge in [0.1, 0.15) is 5.82 Å². The van der Waals surface area contributed by atoms with E-state index in [1.165, 1.54) is 12.8 Å². The summed E-state index contributed by atoms with van der Waals surface area (Å²) >= 11 is 3.34. The number of nitrogens with zero attached hydrogens (tertiary/aromatic N) is 2. The molecule has 1 fully saturated rings. The van der Waals surface area contributed by atoms with E-state index in [2.05, 4.69) is 34.8 Å². The minimum atomic E-state index is -0.00268. The summed E-state index contributed by atoms with van der Waals surface area (Å²) < 4.78 is 0.781. The maximum atomic E-state index is 12.5. The zero-order valence-corrected chi connectivity index (χ0v) is 13.7. The molecule has 0 aliphatic carbocycles. The van der Waals surface area contributed by atoms with Crippen LogP contribution >= 0.6 is 15.9 Å². The van der Waals surface area contributed by atoms with Gasteiger partial charge >= 0.3 is 0 Å². The second kappa shape index (κ2) is 6.12. The molecule has 0 bridgehead atoms. The molecule has 2 N–H and O–H groups in total. The first-order chi connectivity index (χ1) is 9.51. The lowest BCUT2D eigenvalue weighted by Crippen LogP contribution is -2.43. The standard InChI is InChI=1S/C15H22BrN3O/c1-3-15(4-2)5-7-19(8-6-15)14(20)12-9-11(16)10-18-13(12)17/h9-10H,3-8H2,1-2H3,(H2,17,18). The van der Waals surface area contributed by atoms with Gasteiger partial charge in [0.15, 0.2) is 0 Å². The molecule has 1 saturated heterocycles. The smallest absolute Gasteiger partial charge is 0.257 e. The van der Waals surface area contributed by atoms with Gasteiger partial charge < -0.3 is 10.6 Å². The number of pyridine rings is 1. The highest BCUT2D eigenvalue weighted by Crippen LogP contribution is 2.38. The van der Waals surface area contributed by atoms with Crippen molar-refractivity contribution in [3.63, 3.8) is 0 Å². The Kier molecular flexibility index (Phi) is 4.68. The minimum absolute atomic E-state index is 0.00268. The second-order valence-electron chi connectivity index (χ2n) is 5.59. The maximum Gasteiger partial charge on any atom is 0.257 e. The van der Waals surface area contributed by atoms with Crippen molar-refractivity contribution in [2.75, 3.05) is 18.8 Å². The first-order valence-electron chi connectivity index (χ1n) is 7.21. The number of amides is 1. The summed E-state index contributed by atoms with van der Waals surface area (Å²) in [4.78, 5) is 18.5. The average molecular weight is 340 g/mol. The molecule has 1 aliphatic heterocycles. The molecule has 0 radical (unpaired) electrons. The number of rotatable bonds is 3. The molecule has 0 aromatic carbocycles. The molecule has 1 amide bonds. The molecule has 0 saturated carbocycles. The third kappa shape index (κ3) is 2.97. The van der Waals surface area contributed by atoms with Crippen molar-refractivity contribution in [2.24, 2.45) is 5.41 Å². The van der Waals surface area contributed by atoms with Crippen LogP contribution in [0.4, 0.5) is 5.82 Å². The summed E-state index contributed by atoms with van der Waals surface area (Å²) in [5.74, 6) is 0.304. The van der Waals surface area contributed by atoms with Gasteiger partial charge in [0.05, 0.1) is 5.56 Å². The number of hydrogen-bond acceptors (Lipinski definition) is 3. The van der Waals surface area contributed by atoms with Crippen molar-refractivity contribution in [3.8, 4) is 0 Å². The van der Waals surface area contributed by atoms with E-state index in [1.807, 2.05) is 4.90 Å². The molecular formula is C15H22BrN3O. The van der Waals surface area contributed by atoms with Crippen molar-refractivity contribution in [1.29, 1.82) is 0 Å². The molecule has 0 unspecified atom stereocenters. The van der Waals surface area contributed by atoms with Crippen molar-refractivity contribution >= 4 is 27.7 Å². The number of nitrogens with two attached hydrogens (primary N) is 1. The lowest BCUT2D eigenvalue weighted by atomic mass is 9.74. The molecule has 2 heterocycles. The van der Waals surface area contributed by atoms with Crippen LogP contribution in [-0.4, -0.2) is 28.9 Å². The highest BCUT2D eigenvalue weighted by atomic mass is 79.9. The van der Waals surface area contributed by atoms with Gasteiger partial charge in [-0.1, -0.05) is 26.7 Å². The molecule has 110 valence electrons.